The SMILES string of the molecule is NCC1(C2CC(F)(F)C2)CC1. The van der Waals surface area contributed by atoms with Crippen molar-refractivity contribution >= 4 is 0 Å². The summed E-state index contributed by atoms with van der Waals surface area (Å²) in [5.74, 6) is -2.14. The molecule has 3 heteroatoms. The standard InChI is InChI=1S/C8H13F2N/c9-8(10)3-6(4-8)7(5-11)1-2-7/h6H,1-5,11H2. The van der Waals surface area contributed by atoms with Gasteiger partial charge in [0, 0.05) is 12.8 Å². The molecule has 0 saturated heterocycles. The van der Waals surface area contributed by atoms with Crippen molar-refractivity contribution in [3.05, 3.63) is 0 Å². The zero-order valence-corrected chi connectivity index (χ0v) is 6.45. The molecule has 0 unspecified atom stereocenters. The van der Waals surface area contributed by atoms with E-state index in [0.717, 1.165) is 12.8 Å². The summed E-state index contributed by atoms with van der Waals surface area (Å²) in [6.45, 7) is 0.605. The molecule has 0 amide bonds. The molecule has 0 aliphatic heterocycles. The number of hydrogen-bond donors (Lipinski definition) is 1. The first kappa shape index (κ1) is 7.47. The molecule has 0 atom stereocenters. The molecule has 2 aliphatic rings. The van der Waals surface area contributed by atoms with Gasteiger partial charge in [0.25, 0.3) is 0 Å². The molecule has 2 rings (SSSR count). The van der Waals surface area contributed by atoms with E-state index in [4.69, 9.17) is 5.73 Å². The predicted octanol–water partition coefficient (Wildman–Crippen LogP) is 1.77. The van der Waals surface area contributed by atoms with E-state index in [-0.39, 0.29) is 24.2 Å². The summed E-state index contributed by atoms with van der Waals surface area (Å²) in [5.41, 5.74) is 5.66. The summed E-state index contributed by atoms with van der Waals surface area (Å²) in [6.07, 6.45) is 2.32. The lowest BCUT2D eigenvalue weighted by molar-refractivity contribution is -0.129. The molecule has 0 spiro atoms. The molecule has 2 saturated carbocycles. The second-order valence-electron chi connectivity index (χ2n) is 4.03. The Labute approximate surface area is 65.0 Å². The highest BCUT2D eigenvalue weighted by molar-refractivity contribution is 5.06. The van der Waals surface area contributed by atoms with Crippen LogP contribution in [0, 0.1) is 11.3 Å². The monoisotopic (exact) mass is 161 g/mol. The Morgan fingerprint density at radius 1 is 1.27 bits per heavy atom. The van der Waals surface area contributed by atoms with E-state index in [9.17, 15) is 8.78 Å². The highest BCUT2D eigenvalue weighted by Crippen LogP contribution is 2.61. The van der Waals surface area contributed by atoms with Crippen LogP contribution in [0.2, 0.25) is 0 Å². The van der Waals surface area contributed by atoms with E-state index < -0.39 is 5.92 Å². The Morgan fingerprint density at radius 3 is 2.09 bits per heavy atom. The third-order valence-corrected chi connectivity index (χ3v) is 3.25. The van der Waals surface area contributed by atoms with Crippen LogP contribution in [-0.2, 0) is 0 Å². The van der Waals surface area contributed by atoms with Crippen LogP contribution in [0.15, 0.2) is 0 Å². The first-order chi connectivity index (χ1) is 5.08. The van der Waals surface area contributed by atoms with E-state index in [0.29, 0.717) is 6.54 Å². The molecule has 0 aromatic heterocycles. The molecule has 64 valence electrons. The number of hydrogen-bond acceptors (Lipinski definition) is 1. The van der Waals surface area contributed by atoms with Crippen LogP contribution in [0.4, 0.5) is 8.78 Å². The fraction of sp³-hybridized carbons (Fsp3) is 1.00. The Hall–Kier alpha value is -0.180. The van der Waals surface area contributed by atoms with Gasteiger partial charge in [0.05, 0.1) is 0 Å². The smallest absolute Gasteiger partial charge is 0.248 e. The van der Waals surface area contributed by atoms with Gasteiger partial charge in [-0.25, -0.2) is 8.78 Å². The van der Waals surface area contributed by atoms with Crippen molar-refractivity contribution in [2.24, 2.45) is 17.1 Å². The lowest BCUT2D eigenvalue weighted by Crippen LogP contribution is -2.42. The van der Waals surface area contributed by atoms with Crippen molar-refractivity contribution in [1.82, 2.24) is 0 Å². The summed E-state index contributed by atoms with van der Waals surface area (Å²) in [7, 11) is 0. The fourth-order valence-electron chi connectivity index (χ4n) is 2.03. The van der Waals surface area contributed by atoms with Gasteiger partial charge in [0.15, 0.2) is 0 Å². The van der Waals surface area contributed by atoms with Crippen LogP contribution < -0.4 is 5.73 Å². The molecule has 11 heavy (non-hydrogen) atoms. The first-order valence-corrected chi connectivity index (χ1v) is 4.16. The quantitative estimate of drug-likeness (QED) is 0.656. The van der Waals surface area contributed by atoms with Gasteiger partial charge < -0.3 is 5.73 Å². The molecule has 0 bridgehead atoms. The predicted molar refractivity (Wildman–Crippen MR) is 38.4 cm³/mol. The third-order valence-electron chi connectivity index (χ3n) is 3.25. The zero-order chi connectivity index (χ0) is 8.11. The number of halogens is 2. The van der Waals surface area contributed by atoms with Gasteiger partial charge in [-0.3, -0.25) is 0 Å². The van der Waals surface area contributed by atoms with E-state index in [2.05, 4.69) is 0 Å². The lowest BCUT2D eigenvalue weighted by Gasteiger charge is -2.40. The van der Waals surface area contributed by atoms with Crippen LogP contribution in [0.1, 0.15) is 25.7 Å². The molecule has 0 aromatic rings. The average molecular weight is 161 g/mol. The molecular weight excluding hydrogens is 148 g/mol. The normalized spacial score (nSPS) is 33.0. The van der Waals surface area contributed by atoms with Crippen LogP contribution in [-0.4, -0.2) is 12.5 Å². The number of alkyl halides is 2. The first-order valence-electron chi connectivity index (χ1n) is 4.16. The summed E-state index contributed by atoms with van der Waals surface area (Å²) in [6, 6.07) is 0. The molecule has 2 N–H and O–H groups in total. The van der Waals surface area contributed by atoms with Crippen LogP contribution in [0.25, 0.3) is 0 Å². The van der Waals surface area contributed by atoms with Crippen LogP contribution >= 0.6 is 0 Å². The summed E-state index contributed by atoms with van der Waals surface area (Å²) in [5, 5.41) is 0. The van der Waals surface area contributed by atoms with Crippen molar-refractivity contribution in [1.29, 1.82) is 0 Å². The topological polar surface area (TPSA) is 26.0 Å². The summed E-state index contributed by atoms with van der Waals surface area (Å²) in [4.78, 5) is 0. The minimum Gasteiger partial charge on any atom is -0.330 e. The largest absolute Gasteiger partial charge is 0.330 e. The highest BCUT2D eigenvalue weighted by Gasteiger charge is 2.58. The Morgan fingerprint density at radius 2 is 1.82 bits per heavy atom. The summed E-state index contributed by atoms with van der Waals surface area (Å²) < 4.78 is 24.9. The van der Waals surface area contributed by atoms with Gasteiger partial charge in [0.2, 0.25) is 5.92 Å². The van der Waals surface area contributed by atoms with Crippen molar-refractivity contribution in [3.8, 4) is 0 Å². The minimum atomic E-state index is -2.37. The van der Waals surface area contributed by atoms with Gasteiger partial charge >= 0.3 is 0 Å². The molecule has 0 heterocycles. The number of nitrogens with two attached hydrogens (primary N) is 1. The summed E-state index contributed by atoms with van der Waals surface area (Å²) >= 11 is 0. The lowest BCUT2D eigenvalue weighted by atomic mass is 9.71. The van der Waals surface area contributed by atoms with Crippen molar-refractivity contribution in [2.75, 3.05) is 6.54 Å². The fourth-order valence-corrected chi connectivity index (χ4v) is 2.03. The van der Waals surface area contributed by atoms with Gasteiger partial charge in [-0.05, 0) is 30.7 Å². The molecule has 0 radical (unpaired) electrons. The maximum absolute atomic E-state index is 12.4. The minimum absolute atomic E-state index is 0.0875. The molecule has 2 fully saturated rings. The van der Waals surface area contributed by atoms with E-state index in [1.807, 2.05) is 0 Å². The van der Waals surface area contributed by atoms with Crippen molar-refractivity contribution < 1.29 is 8.78 Å². The van der Waals surface area contributed by atoms with Gasteiger partial charge in [-0.2, -0.15) is 0 Å². The third kappa shape index (κ3) is 1.06. The van der Waals surface area contributed by atoms with Gasteiger partial charge in [-0.1, -0.05) is 0 Å². The maximum atomic E-state index is 12.4. The van der Waals surface area contributed by atoms with Crippen LogP contribution in [0.5, 0.6) is 0 Å². The molecule has 0 aromatic carbocycles. The molecule has 1 nitrogen and oxygen atoms in total. The average Bonchev–Trinajstić information content (AvgIpc) is 2.62. The Balaban J connectivity index is 1.91. The van der Waals surface area contributed by atoms with Gasteiger partial charge in [0.1, 0.15) is 0 Å². The molecule has 2 aliphatic carbocycles. The van der Waals surface area contributed by atoms with E-state index in [1.165, 1.54) is 0 Å². The second kappa shape index (κ2) is 1.94. The maximum Gasteiger partial charge on any atom is 0.248 e. The second-order valence-corrected chi connectivity index (χ2v) is 4.03. The van der Waals surface area contributed by atoms with E-state index in [1.54, 1.807) is 0 Å². The van der Waals surface area contributed by atoms with Crippen molar-refractivity contribution in [2.45, 2.75) is 31.6 Å². The zero-order valence-electron chi connectivity index (χ0n) is 6.45. The van der Waals surface area contributed by atoms with Crippen LogP contribution in [0.3, 0.4) is 0 Å². The highest BCUT2D eigenvalue weighted by atomic mass is 19.3. The molecular formula is C8H13F2N. The Bertz CT molecular complexity index is 167. The van der Waals surface area contributed by atoms with Gasteiger partial charge in [-0.15, -0.1) is 0 Å². The van der Waals surface area contributed by atoms with E-state index >= 15 is 0 Å². The van der Waals surface area contributed by atoms with Crippen molar-refractivity contribution in [3.63, 3.8) is 0 Å². The Kier molecular flexibility index (Phi) is 1.32. The number of rotatable bonds is 2.